The summed E-state index contributed by atoms with van der Waals surface area (Å²) >= 11 is 1.71. The average molecular weight is 429 g/mol. The third-order valence-electron chi connectivity index (χ3n) is 3.99. The van der Waals surface area contributed by atoms with Crippen molar-refractivity contribution in [1.29, 1.82) is 0 Å². The van der Waals surface area contributed by atoms with Gasteiger partial charge in [-0.3, -0.25) is 0 Å². The van der Waals surface area contributed by atoms with Gasteiger partial charge in [-0.15, -0.1) is 11.3 Å². The van der Waals surface area contributed by atoms with Gasteiger partial charge in [-0.25, -0.2) is 9.98 Å². The molecule has 0 spiro atoms. The number of aromatic nitrogens is 1. The van der Waals surface area contributed by atoms with Crippen molar-refractivity contribution >= 4 is 17.3 Å². The third kappa shape index (κ3) is 8.82. The van der Waals surface area contributed by atoms with Crippen LogP contribution in [0.25, 0.3) is 0 Å². The number of halogens is 3. The van der Waals surface area contributed by atoms with Crippen LogP contribution in [0.5, 0.6) is 0 Å². The molecule has 1 aromatic heterocycles. The zero-order valence-electron chi connectivity index (χ0n) is 16.9. The van der Waals surface area contributed by atoms with Crippen molar-refractivity contribution in [3.8, 4) is 0 Å². The van der Waals surface area contributed by atoms with Crippen molar-refractivity contribution < 1.29 is 17.9 Å². The number of hydrogen-bond donors (Lipinski definition) is 2. The maximum Gasteiger partial charge on any atom is 0.411 e. The summed E-state index contributed by atoms with van der Waals surface area (Å²) in [6.07, 6.45) is -3.50. The van der Waals surface area contributed by atoms with E-state index in [0.717, 1.165) is 29.2 Å². The molecule has 0 amide bonds. The van der Waals surface area contributed by atoms with Gasteiger partial charge in [0.05, 0.1) is 23.9 Å². The van der Waals surface area contributed by atoms with Crippen LogP contribution in [0.15, 0.2) is 29.3 Å². The normalized spacial score (nSPS) is 12.3. The Morgan fingerprint density at radius 2 is 1.97 bits per heavy atom. The van der Waals surface area contributed by atoms with Gasteiger partial charge in [0, 0.05) is 24.4 Å². The number of hydrogen-bond acceptors (Lipinski definition) is 4. The number of nitrogens with one attached hydrogen (secondary N) is 2. The Bertz CT molecular complexity index is 786. The van der Waals surface area contributed by atoms with E-state index in [1.807, 2.05) is 26.0 Å². The quantitative estimate of drug-likeness (QED) is 0.466. The minimum absolute atomic E-state index is 0.0813. The first-order valence-electron chi connectivity index (χ1n) is 9.44. The second-order valence-corrected chi connectivity index (χ2v) is 7.84. The minimum Gasteiger partial charge on any atom is -0.367 e. The van der Waals surface area contributed by atoms with E-state index >= 15 is 0 Å². The van der Waals surface area contributed by atoms with Crippen molar-refractivity contribution in [1.82, 2.24) is 15.6 Å². The summed E-state index contributed by atoms with van der Waals surface area (Å²) in [5.41, 5.74) is 2.67. The van der Waals surface area contributed by atoms with Crippen LogP contribution >= 0.6 is 11.3 Å². The first-order chi connectivity index (χ1) is 13.8. The topological polar surface area (TPSA) is 58.5 Å². The van der Waals surface area contributed by atoms with Crippen LogP contribution in [-0.2, 0) is 24.3 Å². The number of benzene rings is 1. The van der Waals surface area contributed by atoms with Crippen molar-refractivity contribution in [3.63, 3.8) is 0 Å². The molecule has 5 nitrogen and oxygen atoms in total. The summed E-state index contributed by atoms with van der Waals surface area (Å²) in [5.74, 6) is 0.691. The van der Waals surface area contributed by atoms with Crippen molar-refractivity contribution in [2.45, 2.75) is 46.5 Å². The molecule has 0 aliphatic heterocycles. The second-order valence-electron chi connectivity index (χ2n) is 6.55. The number of aliphatic imine (C=N–C) groups is 1. The fourth-order valence-corrected chi connectivity index (χ4v) is 3.48. The van der Waals surface area contributed by atoms with Crippen molar-refractivity contribution in [2.24, 2.45) is 4.99 Å². The van der Waals surface area contributed by atoms with Crippen LogP contribution in [0.3, 0.4) is 0 Å². The van der Waals surface area contributed by atoms with Gasteiger partial charge in [0.1, 0.15) is 6.61 Å². The van der Waals surface area contributed by atoms with E-state index in [2.05, 4.69) is 27.5 Å². The van der Waals surface area contributed by atoms with Gasteiger partial charge in [-0.05, 0) is 31.9 Å². The second kappa shape index (κ2) is 11.2. The average Bonchev–Trinajstić information content (AvgIpc) is 2.96. The van der Waals surface area contributed by atoms with Crippen LogP contribution in [0.4, 0.5) is 13.2 Å². The highest BCUT2D eigenvalue weighted by atomic mass is 32.1. The van der Waals surface area contributed by atoms with E-state index in [1.165, 1.54) is 4.88 Å². The molecule has 1 aromatic carbocycles. The van der Waals surface area contributed by atoms with Crippen LogP contribution < -0.4 is 10.6 Å². The number of alkyl halides is 3. The molecule has 2 aromatic rings. The Morgan fingerprint density at radius 3 is 2.62 bits per heavy atom. The zero-order valence-corrected chi connectivity index (χ0v) is 17.7. The molecule has 0 aliphatic rings. The van der Waals surface area contributed by atoms with Gasteiger partial charge in [0.15, 0.2) is 5.96 Å². The number of aryl methyl sites for hydroxylation is 2. The smallest absolute Gasteiger partial charge is 0.367 e. The molecule has 9 heteroatoms. The molecule has 1 heterocycles. The van der Waals surface area contributed by atoms with Crippen LogP contribution in [0.1, 0.15) is 33.6 Å². The highest BCUT2D eigenvalue weighted by Gasteiger charge is 2.27. The summed E-state index contributed by atoms with van der Waals surface area (Å²) in [5, 5.41) is 7.58. The van der Waals surface area contributed by atoms with Crippen molar-refractivity contribution in [2.75, 3.05) is 19.7 Å². The predicted octanol–water partition coefficient (Wildman–Crippen LogP) is 4.14. The van der Waals surface area contributed by atoms with E-state index in [9.17, 15) is 13.2 Å². The van der Waals surface area contributed by atoms with E-state index in [4.69, 9.17) is 4.74 Å². The maximum atomic E-state index is 12.2. The van der Waals surface area contributed by atoms with E-state index < -0.39 is 12.8 Å². The number of nitrogens with zero attached hydrogens (tertiary/aromatic N) is 2. The summed E-state index contributed by atoms with van der Waals surface area (Å²) in [7, 11) is 0. The number of guanidine groups is 1. The van der Waals surface area contributed by atoms with Crippen LogP contribution in [0, 0.1) is 13.8 Å². The molecule has 0 bridgehead atoms. The summed E-state index contributed by atoms with van der Waals surface area (Å²) in [6, 6.07) is 7.24. The van der Waals surface area contributed by atoms with Crippen molar-refractivity contribution in [3.05, 3.63) is 51.0 Å². The lowest BCUT2D eigenvalue weighted by Crippen LogP contribution is -2.38. The van der Waals surface area contributed by atoms with E-state index in [1.54, 1.807) is 23.5 Å². The molecule has 160 valence electrons. The van der Waals surface area contributed by atoms with Crippen LogP contribution in [0.2, 0.25) is 0 Å². The molecule has 0 unspecified atom stereocenters. The highest BCUT2D eigenvalue weighted by Crippen LogP contribution is 2.17. The summed E-state index contributed by atoms with van der Waals surface area (Å²) in [6.45, 7) is 6.59. The Balaban J connectivity index is 1.87. The third-order valence-corrected chi connectivity index (χ3v) is 5.13. The molecule has 29 heavy (non-hydrogen) atoms. The lowest BCUT2D eigenvalue weighted by Gasteiger charge is -2.11. The fraction of sp³-hybridized carbons (Fsp3) is 0.500. The monoisotopic (exact) mass is 428 g/mol. The minimum atomic E-state index is -4.32. The molecular weight excluding hydrogens is 401 g/mol. The standard InChI is InChI=1S/C20H27F3N4OS/c1-4-24-19(25-9-8-18-27-14(2)15(3)29-18)26-11-16-6-5-7-17(10-16)12-28-13-20(21,22)23/h5-7,10H,4,8-9,11-13H2,1-3H3,(H2,24,25,26). The Morgan fingerprint density at radius 1 is 1.21 bits per heavy atom. The molecule has 0 radical (unpaired) electrons. The number of rotatable bonds is 9. The van der Waals surface area contributed by atoms with Gasteiger partial charge in [0.2, 0.25) is 0 Å². The zero-order chi connectivity index (χ0) is 21.3. The van der Waals surface area contributed by atoms with Crippen LogP contribution in [-0.4, -0.2) is 36.8 Å². The lowest BCUT2D eigenvalue weighted by atomic mass is 10.1. The molecule has 0 saturated carbocycles. The SMILES string of the molecule is CCNC(=NCc1cccc(COCC(F)(F)F)c1)NCCc1nc(C)c(C)s1. The van der Waals surface area contributed by atoms with E-state index in [-0.39, 0.29) is 6.61 Å². The number of thiazole rings is 1. The van der Waals surface area contributed by atoms with E-state index in [0.29, 0.717) is 24.6 Å². The lowest BCUT2D eigenvalue weighted by molar-refractivity contribution is -0.176. The molecule has 0 aliphatic carbocycles. The highest BCUT2D eigenvalue weighted by molar-refractivity contribution is 7.11. The summed E-state index contributed by atoms with van der Waals surface area (Å²) in [4.78, 5) is 10.3. The first kappa shape index (κ1) is 23.2. The summed E-state index contributed by atoms with van der Waals surface area (Å²) < 4.78 is 41.3. The number of ether oxygens (including phenoxy) is 1. The van der Waals surface area contributed by atoms with Gasteiger partial charge < -0.3 is 15.4 Å². The fourth-order valence-electron chi connectivity index (χ4n) is 2.55. The molecule has 0 atom stereocenters. The Kier molecular flexibility index (Phi) is 8.91. The Labute approximate surface area is 173 Å². The molecule has 2 N–H and O–H groups in total. The van der Waals surface area contributed by atoms with Gasteiger partial charge in [-0.2, -0.15) is 13.2 Å². The first-order valence-corrected chi connectivity index (χ1v) is 10.3. The molecular formula is C20H27F3N4OS. The largest absolute Gasteiger partial charge is 0.411 e. The Hall–Kier alpha value is -2.13. The molecule has 0 saturated heterocycles. The van der Waals surface area contributed by atoms with Gasteiger partial charge >= 0.3 is 6.18 Å². The maximum absolute atomic E-state index is 12.2. The van der Waals surface area contributed by atoms with Gasteiger partial charge in [0.25, 0.3) is 0 Å². The predicted molar refractivity (Wildman–Crippen MR) is 110 cm³/mol. The molecule has 0 fully saturated rings. The van der Waals surface area contributed by atoms with Gasteiger partial charge in [-0.1, -0.05) is 24.3 Å². The molecule has 2 rings (SSSR count).